The van der Waals surface area contributed by atoms with Crippen molar-refractivity contribution in [1.29, 1.82) is 0 Å². The number of carbonyl (C=O) groups excluding carboxylic acids is 1. The predicted octanol–water partition coefficient (Wildman–Crippen LogP) is 4.39. The van der Waals surface area contributed by atoms with Crippen molar-refractivity contribution in [3.05, 3.63) is 59.2 Å². The molecule has 1 atom stereocenters. The molecule has 1 amide bonds. The van der Waals surface area contributed by atoms with Crippen LogP contribution in [0.5, 0.6) is 11.5 Å². The molecular formula is C21H27NO3. The molecule has 2 aromatic rings. The highest BCUT2D eigenvalue weighted by Gasteiger charge is 2.22. The van der Waals surface area contributed by atoms with E-state index in [4.69, 9.17) is 9.47 Å². The summed E-state index contributed by atoms with van der Waals surface area (Å²) in [6, 6.07) is 13.6. The van der Waals surface area contributed by atoms with Crippen molar-refractivity contribution in [3.63, 3.8) is 0 Å². The monoisotopic (exact) mass is 341 g/mol. The van der Waals surface area contributed by atoms with E-state index in [0.29, 0.717) is 17.1 Å². The number of nitrogens with one attached hydrogen (secondary N) is 1. The van der Waals surface area contributed by atoms with Crippen molar-refractivity contribution >= 4 is 5.91 Å². The number of aryl methyl sites for hydroxylation is 1. The van der Waals surface area contributed by atoms with Crippen LogP contribution in [0.25, 0.3) is 0 Å². The van der Waals surface area contributed by atoms with Crippen molar-refractivity contribution in [2.75, 3.05) is 14.2 Å². The molecule has 0 radical (unpaired) electrons. The van der Waals surface area contributed by atoms with Crippen LogP contribution in [0.15, 0.2) is 42.5 Å². The third kappa shape index (κ3) is 4.32. The summed E-state index contributed by atoms with van der Waals surface area (Å²) in [4.78, 5) is 12.9. The van der Waals surface area contributed by atoms with Gasteiger partial charge in [0.15, 0.2) is 11.5 Å². The SMILES string of the molecule is CCc1ccc(C(NC(=O)c2cccc(OC)c2OC)C(C)C)cc1. The molecule has 0 aromatic heterocycles. The van der Waals surface area contributed by atoms with Gasteiger partial charge >= 0.3 is 0 Å². The summed E-state index contributed by atoms with van der Waals surface area (Å²) >= 11 is 0. The van der Waals surface area contributed by atoms with Gasteiger partial charge in [-0.15, -0.1) is 0 Å². The van der Waals surface area contributed by atoms with Gasteiger partial charge in [-0.05, 0) is 35.6 Å². The highest BCUT2D eigenvalue weighted by atomic mass is 16.5. The minimum Gasteiger partial charge on any atom is -0.493 e. The molecule has 0 aliphatic heterocycles. The average molecular weight is 341 g/mol. The van der Waals surface area contributed by atoms with Crippen LogP contribution in [0.4, 0.5) is 0 Å². The van der Waals surface area contributed by atoms with E-state index in [1.807, 2.05) is 0 Å². The Balaban J connectivity index is 2.29. The highest BCUT2D eigenvalue weighted by molar-refractivity contribution is 5.98. The fourth-order valence-corrected chi connectivity index (χ4v) is 2.88. The summed E-state index contributed by atoms with van der Waals surface area (Å²) in [6.07, 6.45) is 1.000. The average Bonchev–Trinajstić information content (AvgIpc) is 2.64. The Labute approximate surface area is 150 Å². The van der Waals surface area contributed by atoms with E-state index in [9.17, 15) is 4.79 Å². The Morgan fingerprint density at radius 1 is 1.04 bits per heavy atom. The number of rotatable bonds is 7. The van der Waals surface area contributed by atoms with Gasteiger partial charge in [-0.25, -0.2) is 0 Å². The van der Waals surface area contributed by atoms with Gasteiger partial charge in [-0.2, -0.15) is 0 Å². The van der Waals surface area contributed by atoms with Crippen LogP contribution in [0.3, 0.4) is 0 Å². The number of hydrogen-bond acceptors (Lipinski definition) is 3. The van der Waals surface area contributed by atoms with Crippen LogP contribution in [-0.4, -0.2) is 20.1 Å². The number of carbonyl (C=O) groups is 1. The minimum absolute atomic E-state index is 0.0747. The Bertz CT molecular complexity index is 708. The maximum Gasteiger partial charge on any atom is 0.255 e. The molecule has 4 nitrogen and oxygen atoms in total. The third-order valence-corrected chi connectivity index (χ3v) is 4.35. The fourth-order valence-electron chi connectivity index (χ4n) is 2.88. The van der Waals surface area contributed by atoms with E-state index < -0.39 is 0 Å². The molecule has 0 saturated carbocycles. The lowest BCUT2D eigenvalue weighted by Gasteiger charge is -2.24. The van der Waals surface area contributed by atoms with Gasteiger partial charge in [0.2, 0.25) is 0 Å². The quantitative estimate of drug-likeness (QED) is 0.812. The molecule has 2 rings (SSSR count). The number of amides is 1. The molecule has 0 aliphatic rings. The zero-order chi connectivity index (χ0) is 18.4. The van der Waals surface area contributed by atoms with E-state index >= 15 is 0 Å². The van der Waals surface area contributed by atoms with Crippen molar-refractivity contribution in [1.82, 2.24) is 5.32 Å². The zero-order valence-corrected chi connectivity index (χ0v) is 15.6. The van der Waals surface area contributed by atoms with Crippen molar-refractivity contribution in [2.45, 2.75) is 33.2 Å². The van der Waals surface area contributed by atoms with Gasteiger partial charge in [0.05, 0.1) is 25.8 Å². The van der Waals surface area contributed by atoms with Crippen LogP contribution in [0.2, 0.25) is 0 Å². The largest absolute Gasteiger partial charge is 0.493 e. The second-order valence-electron chi connectivity index (χ2n) is 6.33. The number of ether oxygens (including phenoxy) is 2. The summed E-state index contributed by atoms with van der Waals surface area (Å²) in [7, 11) is 3.10. The van der Waals surface area contributed by atoms with Crippen LogP contribution in [-0.2, 0) is 6.42 Å². The predicted molar refractivity (Wildman–Crippen MR) is 100 cm³/mol. The van der Waals surface area contributed by atoms with E-state index in [-0.39, 0.29) is 17.9 Å². The summed E-state index contributed by atoms with van der Waals surface area (Å²) in [6.45, 7) is 6.33. The lowest BCUT2D eigenvalue weighted by Crippen LogP contribution is -2.32. The lowest BCUT2D eigenvalue weighted by atomic mass is 9.94. The molecule has 0 saturated heterocycles. The lowest BCUT2D eigenvalue weighted by molar-refractivity contribution is 0.0922. The first-order chi connectivity index (χ1) is 12.0. The molecule has 1 unspecified atom stereocenters. The molecule has 1 N–H and O–H groups in total. The molecule has 25 heavy (non-hydrogen) atoms. The maximum atomic E-state index is 12.9. The number of para-hydroxylation sites is 1. The smallest absolute Gasteiger partial charge is 0.255 e. The topological polar surface area (TPSA) is 47.6 Å². The normalized spacial score (nSPS) is 11.9. The van der Waals surface area contributed by atoms with Gasteiger partial charge in [0.25, 0.3) is 5.91 Å². The summed E-state index contributed by atoms with van der Waals surface area (Å²) in [5.41, 5.74) is 2.85. The molecule has 134 valence electrons. The zero-order valence-electron chi connectivity index (χ0n) is 15.6. The molecule has 2 aromatic carbocycles. The van der Waals surface area contributed by atoms with Gasteiger partial charge in [0, 0.05) is 0 Å². The maximum absolute atomic E-state index is 12.9. The van der Waals surface area contributed by atoms with Crippen LogP contribution in [0, 0.1) is 5.92 Å². The van der Waals surface area contributed by atoms with Crippen LogP contribution < -0.4 is 14.8 Å². The first-order valence-electron chi connectivity index (χ1n) is 8.62. The van der Waals surface area contributed by atoms with Gasteiger partial charge < -0.3 is 14.8 Å². The Hall–Kier alpha value is -2.49. The van der Waals surface area contributed by atoms with Gasteiger partial charge in [-0.1, -0.05) is 51.1 Å². The Morgan fingerprint density at radius 2 is 1.72 bits per heavy atom. The summed E-state index contributed by atoms with van der Waals surface area (Å²) in [5, 5.41) is 3.14. The first-order valence-corrected chi connectivity index (χ1v) is 8.62. The third-order valence-electron chi connectivity index (χ3n) is 4.35. The van der Waals surface area contributed by atoms with E-state index in [2.05, 4.69) is 50.4 Å². The van der Waals surface area contributed by atoms with Crippen LogP contribution >= 0.6 is 0 Å². The fraction of sp³-hybridized carbons (Fsp3) is 0.381. The van der Waals surface area contributed by atoms with Crippen molar-refractivity contribution in [2.24, 2.45) is 5.92 Å². The molecular weight excluding hydrogens is 314 g/mol. The standard InChI is InChI=1S/C21H27NO3/c1-6-15-10-12-16(13-11-15)19(14(2)3)22-21(23)17-8-7-9-18(24-4)20(17)25-5/h7-14,19H,6H2,1-5H3,(H,22,23). The van der Waals surface area contributed by atoms with Crippen molar-refractivity contribution < 1.29 is 14.3 Å². The molecule has 0 aliphatic carbocycles. The molecule has 0 spiro atoms. The second-order valence-corrected chi connectivity index (χ2v) is 6.33. The van der Waals surface area contributed by atoms with Crippen molar-refractivity contribution in [3.8, 4) is 11.5 Å². The molecule has 0 fully saturated rings. The Kier molecular flexibility index (Phi) is 6.45. The molecule has 4 heteroatoms. The van der Waals surface area contributed by atoms with E-state index in [0.717, 1.165) is 12.0 Å². The summed E-state index contributed by atoms with van der Waals surface area (Å²) < 4.78 is 10.7. The first kappa shape index (κ1) is 18.8. The number of hydrogen-bond donors (Lipinski definition) is 1. The van der Waals surface area contributed by atoms with E-state index in [1.54, 1.807) is 25.3 Å². The second kappa shape index (κ2) is 8.56. The van der Waals surface area contributed by atoms with Crippen LogP contribution in [0.1, 0.15) is 48.3 Å². The summed E-state index contributed by atoms with van der Waals surface area (Å²) in [5.74, 6) is 1.08. The highest BCUT2D eigenvalue weighted by Crippen LogP contribution is 2.31. The number of methoxy groups -OCH3 is 2. The number of benzene rings is 2. The molecule has 0 bridgehead atoms. The Morgan fingerprint density at radius 3 is 2.24 bits per heavy atom. The minimum atomic E-state index is -0.172. The van der Waals surface area contributed by atoms with E-state index in [1.165, 1.54) is 12.7 Å². The van der Waals surface area contributed by atoms with Gasteiger partial charge in [-0.3, -0.25) is 4.79 Å². The van der Waals surface area contributed by atoms with Gasteiger partial charge in [0.1, 0.15) is 0 Å². The molecule has 0 heterocycles.